The molecule has 0 radical (unpaired) electrons. The fraction of sp³-hybridized carbons (Fsp3) is 0.444. The van der Waals surface area contributed by atoms with E-state index in [0.29, 0.717) is 11.7 Å². The number of aromatic nitrogens is 1. The molecule has 2 aliphatic rings. The zero-order chi connectivity index (χ0) is 23.7. The molecule has 180 valence electrons. The maximum Gasteiger partial charge on any atom is 0.411 e. The predicted octanol–water partition coefficient (Wildman–Crippen LogP) is 7.20. The fourth-order valence-electron chi connectivity index (χ4n) is 4.67. The minimum Gasteiger partial charge on any atom is -0.490 e. The maximum atomic E-state index is 11.9. The van der Waals surface area contributed by atoms with Gasteiger partial charge in [-0.25, -0.2) is 4.79 Å². The zero-order valence-corrected chi connectivity index (χ0v) is 20.4. The highest BCUT2D eigenvalue weighted by molar-refractivity contribution is 6.38. The van der Waals surface area contributed by atoms with Gasteiger partial charge in [0.2, 0.25) is 0 Å². The number of anilines is 1. The van der Waals surface area contributed by atoms with E-state index in [9.17, 15) is 4.79 Å². The number of nitrogens with one attached hydrogen (secondary N) is 1. The summed E-state index contributed by atoms with van der Waals surface area (Å²) in [7, 11) is 0. The molecule has 5 rings (SSSR count). The fourth-order valence-corrected chi connectivity index (χ4v) is 5.03. The highest BCUT2D eigenvalue weighted by Crippen LogP contribution is 2.45. The van der Waals surface area contributed by atoms with Gasteiger partial charge in [0.1, 0.15) is 11.9 Å². The molecule has 3 aromatic rings. The van der Waals surface area contributed by atoms with Crippen molar-refractivity contribution in [1.29, 1.82) is 0 Å². The molecule has 0 spiro atoms. The number of halogens is 1. The van der Waals surface area contributed by atoms with E-state index in [1.807, 2.05) is 44.2 Å². The molecule has 1 amide bonds. The Balaban J connectivity index is 1.47. The van der Waals surface area contributed by atoms with E-state index in [1.165, 1.54) is 6.42 Å². The first-order chi connectivity index (χ1) is 16.5. The van der Waals surface area contributed by atoms with Crippen LogP contribution in [0.5, 0.6) is 5.75 Å². The van der Waals surface area contributed by atoms with E-state index in [-0.39, 0.29) is 12.2 Å². The van der Waals surface area contributed by atoms with Crippen molar-refractivity contribution in [2.45, 2.75) is 64.2 Å². The van der Waals surface area contributed by atoms with Crippen molar-refractivity contribution in [2.75, 3.05) is 18.5 Å². The Kier molecular flexibility index (Phi) is 6.70. The molecule has 7 heteroatoms. The van der Waals surface area contributed by atoms with Crippen molar-refractivity contribution in [1.82, 2.24) is 4.57 Å². The summed E-state index contributed by atoms with van der Waals surface area (Å²) in [6.07, 6.45) is 4.89. The summed E-state index contributed by atoms with van der Waals surface area (Å²) < 4.78 is 19.3. The Labute approximate surface area is 205 Å². The molecule has 0 unspecified atom stereocenters. The molecule has 2 fully saturated rings. The predicted molar refractivity (Wildman–Crippen MR) is 135 cm³/mol. The van der Waals surface area contributed by atoms with Gasteiger partial charge in [-0.1, -0.05) is 23.7 Å². The van der Waals surface area contributed by atoms with Crippen molar-refractivity contribution in [3.05, 3.63) is 47.5 Å². The number of carbonyl (C=O) groups is 1. The van der Waals surface area contributed by atoms with Crippen molar-refractivity contribution >= 4 is 34.3 Å². The zero-order valence-electron chi connectivity index (χ0n) is 19.7. The summed E-state index contributed by atoms with van der Waals surface area (Å²) in [4.78, 5) is 11.9. The first kappa shape index (κ1) is 23.1. The Bertz CT molecular complexity index is 1160. The Morgan fingerprint density at radius 1 is 1.09 bits per heavy atom. The smallest absolute Gasteiger partial charge is 0.411 e. The highest BCUT2D eigenvalue weighted by atomic mass is 35.5. The molecule has 1 saturated carbocycles. The van der Waals surface area contributed by atoms with Gasteiger partial charge in [-0.3, -0.25) is 5.32 Å². The second kappa shape index (κ2) is 9.88. The van der Waals surface area contributed by atoms with Gasteiger partial charge < -0.3 is 18.8 Å². The van der Waals surface area contributed by atoms with E-state index >= 15 is 0 Å². The van der Waals surface area contributed by atoms with Crippen molar-refractivity contribution in [3.8, 4) is 17.0 Å². The largest absolute Gasteiger partial charge is 0.490 e. The molecule has 1 aromatic heterocycles. The third-order valence-corrected chi connectivity index (χ3v) is 6.96. The molecule has 1 saturated heterocycles. The van der Waals surface area contributed by atoms with Crippen LogP contribution in [0, 0.1) is 0 Å². The SMILES string of the molecule is CC(C)OC(=O)Nc1ccc(-c2c(Cl)c3ccc(OC4CCOCC4)cc3n2C2CCC2)cc1. The van der Waals surface area contributed by atoms with Crippen LogP contribution in [-0.2, 0) is 9.47 Å². The summed E-state index contributed by atoms with van der Waals surface area (Å²) in [6.45, 7) is 5.15. The Morgan fingerprint density at radius 3 is 2.47 bits per heavy atom. The first-order valence-electron chi connectivity index (χ1n) is 12.2. The number of rotatable bonds is 6. The lowest BCUT2D eigenvalue weighted by Crippen LogP contribution is -2.25. The third-order valence-electron chi connectivity index (χ3n) is 6.57. The molecular formula is C27H31ClN2O4. The van der Waals surface area contributed by atoms with Gasteiger partial charge in [0.15, 0.2) is 0 Å². The molecule has 34 heavy (non-hydrogen) atoms. The molecular weight excluding hydrogens is 452 g/mol. The molecule has 6 nitrogen and oxygen atoms in total. The molecule has 0 bridgehead atoms. The van der Waals surface area contributed by atoms with Crippen LogP contribution in [0.25, 0.3) is 22.2 Å². The van der Waals surface area contributed by atoms with Crippen LogP contribution in [0.3, 0.4) is 0 Å². The van der Waals surface area contributed by atoms with Gasteiger partial charge in [-0.05, 0) is 62.9 Å². The standard InChI is InChI=1S/C27H31ClN2O4/c1-17(2)33-27(31)29-19-8-6-18(7-9-19)26-25(28)23-11-10-22(34-21-12-14-32-15-13-21)16-24(23)30(26)20-4-3-5-20/h6-11,16-17,20-21H,3-5,12-15H2,1-2H3,(H,29,31). The average molecular weight is 483 g/mol. The van der Waals surface area contributed by atoms with Crippen LogP contribution >= 0.6 is 11.6 Å². The highest BCUT2D eigenvalue weighted by Gasteiger charge is 2.27. The quantitative estimate of drug-likeness (QED) is 0.403. The first-order valence-corrected chi connectivity index (χ1v) is 12.5. The van der Waals surface area contributed by atoms with Crippen LogP contribution in [0.1, 0.15) is 52.0 Å². The second-order valence-corrected chi connectivity index (χ2v) is 9.76. The van der Waals surface area contributed by atoms with Crippen LogP contribution in [0.4, 0.5) is 10.5 Å². The average Bonchev–Trinajstić information content (AvgIpc) is 3.05. The normalized spacial score (nSPS) is 17.1. The van der Waals surface area contributed by atoms with Crippen LogP contribution in [0.15, 0.2) is 42.5 Å². The van der Waals surface area contributed by atoms with Crippen molar-refractivity contribution in [2.24, 2.45) is 0 Å². The Morgan fingerprint density at radius 2 is 1.82 bits per heavy atom. The van der Waals surface area contributed by atoms with Gasteiger partial charge in [-0.15, -0.1) is 0 Å². The molecule has 2 aromatic carbocycles. The minimum atomic E-state index is -0.457. The number of nitrogens with zero attached hydrogens (tertiary/aromatic N) is 1. The van der Waals surface area contributed by atoms with E-state index in [1.54, 1.807) is 0 Å². The van der Waals surface area contributed by atoms with E-state index in [2.05, 4.69) is 22.0 Å². The Hall–Kier alpha value is -2.70. The topological polar surface area (TPSA) is 61.7 Å². The number of fused-ring (bicyclic) bond motifs is 1. The number of amides is 1. The molecule has 0 atom stereocenters. The summed E-state index contributed by atoms with van der Waals surface area (Å²) in [5.41, 5.74) is 3.82. The van der Waals surface area contributed by atoms with Gasteiger partial charge >= 0.3 is 6.09 Å². The van der Waals surface area contributed by atoms with E-state index < -0.39 is 6.09 Å². The number of benzene rings is 2. The van der Waals surface area contributed by atoms with Gasteiger partial charge in [0.05, 0.1) is 35.6 Å². The minimum absolute atomic E-state index is 0.170. The second-order valence-electron chi connectivity index (χ2n) is 9.38. The lowest BCUT2D eigenvalue weighted by molar-refractivity contribution is 0.0256. The van der Waals surface area contributed by atoms with Crippen molar-refractivity contribution in [3.63, 3.8) is 0 Å². The third kappa shape index (κ3) is 4.75. The number of hydrogen-bond acceptors (Lipinski definition) is 4. The van der Waals surface area contributed by atoms with Gasteiger partial charge in [-0.2, -0.15) is 0 Å². The lowest BCUT2D eigenvalue weighted by Gasteiger charge is -2.30. The number of ether oxygens (including phenoxy) is 3. The van der Waals surface area contributed by atoms with Gasteiger partial charge in [0, 0.05) is 36.0 Å². The number of hydrogen-bond donors (Lipinski definition) is 1. The monoisotopic (exact) mass is 482 g/mol. The van der Waals surface area contributed by atoms with Crippen LogP contribution in [-0.4, -0.2) is 36.1 Å². The van der Waals surface area contributed by atoms with E-state index in [0.717, 1.165) is 71.8 Å². The maximum absolute atomic E-state index is 11.9. The summed E-state index contributed by atoms with van der Waals surface area (Å²) in [6, 6.07) is 14.4. The van der Waals surface area contributed by atoms with Crippen molar-refractivity contribution < 1.29 is 19.0 Å². The van der Waals surface area contributed by atoms with Crippen LogP contribution < -0.4 is 10.1 Å². The summed E-state index contributed by atoms with van der Waals surface area (Å²) >= 11 is 6.98. The molecule has 1 N–H and O–H groups in total. The van der Waals surface area contributed by atoms with Crippen LogP contribution in [0.2, 0.25) is 5.02 Å². The van der Waals surface area contributed by atoms with E-state index in [4.69, 9.17) is 25.8 Å². The summed E-state index contributed by atoms with van der Waals surface area (Å²) in [5, 5.41) is 4.56. The molecule has 2 heterocycles. The molecule has 1 aliphatic heterocycles. The summed E-state index contributed by atoms with van der Waals surface area (Å²) in [5.74, 6) is 0.879. The molecule has 1 aliphatic carbocycles. The van der Waals surface area contributed by atoms with Gasteiger partial charge in [0.25, 0.3) is 0 Å². The lowest BCUT2D eigenvalue weighted by atomic mass is 9.92. The number of carbonyl (C=O) groups excluding carboxylic acids is 1.